The molecule has 0 spiro atoms. The fourth-order valence-electron chi connectivity index (χ4n) is 13.1. The number of hydrogen-bond donors (Lipinski definition) is 1. The van der Waals surface area contributed by atoms with Crippen LogP contribution in [0.1, 0.15) is 11.1 Å². The van der Waals surface area contributed by atoms with Crippen molar-refractivity contribution in [1.82, 2.24) is 44.7 Å². The van der Waals surface area contributed by atoms with Gasteiger partial charge in [-0.15, -0.1) is 179 Å². The molecule has 0 atom stereocenters. The average molecular weight is 2630 g/mol. The first-order valence-electron chi connectivity index (χ1n) is 41.8. The second-order valence-corrected chi connectivity index (χ2v) is 28.1. The summed E-state index contributed by atoms with van der Waals surface area (Å²) in [6, 6.07) is 179. The van der Waals surface area contributed by atoms with Gasteiger partial charge in [0.05, 0.1) is 5.75 Å². The van der Waals surface area contributed by atoms with E-state index in [1.54, 1.807) is 54.1 Å². The van der Waals surface area contributed by atoms with Crippen LogP contribution in [0, 0.1) is 66.7 Å². The minimum Gasteiger partial charge on any atom is -0.662 e. The standard InChI is InChI=1S/C19H12.C13H9N2.C12H9O.3C12H8.2C11H8N.C9H7N2.C8H7N3.5Pt/c1-2-6-14(7-3-1)15-10-11-19-17(12-15)13-16-8-4-5-9-18(16)19;1-2-6-11-10(5-1)9-13(15-11)12-7-3-4-8-14-12;13-12-9-5-4-8-11(12)10-6-2-1-3-7-10;3*1-3-7-11(8-4-1)12-9-5-2-6-10-12;2*1-2-6-10(7-3-1)11-8-4-5-9-12-11;1-2-6-10-8(4-1)9-5-3-7-11-9;1-2-5-9-8(4-1)11-7-3-6-10-11;;;;;/h1-6,8-9,11-12H,13H2;1-9H;1-6,8-9,13H;3*1-7,9H;2*1-6,8-9H;2*1-7H;;;;;/q-2;2*-1;3*-2;3*-1;;;;;2*+2. The Bertz CT molecular complexity index is 6090. The first-order valence-corrected chi connectivity index (χ1v) is 41.8. The van der Waals surface area contributed by atoms with E-state index >= 15 is 0 Å². The fraction of sp³-hybridized carbons (Fsp3) is 0.00840. The van der Waals surface area contributed by atoms with E-state index in [-0.39, 0.29) is 105 Å². The molecule has 8 heterocycles. The molecule has 22 aromatic rings. The third-order valence-corrected chi connectivity index (χ3v) is 19.3. The molecule has 134 heavy (non-hydrogen) atoms. The smallest absolute Gasteiger partial charge is 0.662 e. The molecule has 0 bridgehead atoms. The van der Waals surface area contributed by atoms with Crippen LogP contribution >= 0.6 is 0 Å². The molecule has 670 valence electrons. The average Bonchev–Trinajstić information content (AvgIpc) is 1.63. The van der Waals surface area contributed by atoms with Crippen LogP contribution in [0.2, 0.25) is 0 Å². The maximum atomic E-state index is 9.54. The van der Waals surface area contributed by atoms with E-state index in [9.17, 15) is 5.11 Å². The molecule has 14 aromatic carbocycles. The van der Waals surface area contributed by atoms with Gasteiger partial charge in [0.1, 0.15) is 0 Å². The van der Waals surface area contributed by atoms with Gasteiger partial charge in [0.15, 0.2) is 5.82 Å². The molecule has 1 aliphatic rings. The first kappa shape index (κ1) is 104. The predicted molar refractivity (Wildman–Crippen MR) is 521 cm³/mol. The molecule has 0 unspecified atom stereocenters. The van der Waals surface area contributed by atoms with Crippen molar-refractivity contribution in [3.8, 4) is 124 Å². The van der Waals surface area contributed by atoms with Crippen LogP contribution < -0.4 is 9.97 Å². The van der Waals surface area contributed by atoms with Crippen LogP contribution in [0.25, 0.3) is 129 Å². The maximum Gasteiger partial charge on any atom is 2.00 e. The van der Waals surface area contributed by atoms with Gasteiger partial charge in [0.2, 0.25) is 0 Å². The summed E-state index contributed by atoms with van der Waals surface area (Å²) in [5, 5.41) is 14.7. The molecular weight excluding hydrogens is 2550 g/mol. The number of benzene rings is 14. The number of phenolic OH excluding ortho intramolecular Hbond substituents is 1. The SMILES string of the molecule is Oc1ccccc1-c1[c-]cccc1.[Pt+2].[Pt+2].[Pt].[Pt].[Pt].[c-]1ccccc1-c1[c-]cc2c(c1)Cc1ccccc1-2.[c-]1ccccc1-c1[c-]cccc1.[c-]1ccccc1-c1[c-]cccc1.[c-]1ccccc1-c1[c-]cccc1.[c-]1ccccc1-c1ccccn1.[c-]1ccccc1-c1ccccn1.c1ccc(-c2cc3ccccc3[n-]2)nc1.c1ccc(-c2ccc[n-]2)nc1.c1ccc(-n2cccn2)nc1. The Kier molecular flexibility index (Phi) is 45.5. The van der Waals surface area contributed by atoms with Crippen molar-refractivity contribution in [2.45, 2.75) is 6.42 Å². The Morgan fingerprint density at radius 3 is 0.993 bits per heavy atom. The summed E-state index contributed by atoms with van der Waals surface area (Å²) >= 11 is 0. The summed E-state index contributed by atoms with van der Waals surface area (Å²) in [6.45, 7) is 0. The predicted octanol–water partition coefficient (Wildman–Crippen LogP) is 27.2. The van der Waals surface area contributed by atoms with Gasteiger partial charge in [-0.1, -0.05) is 144 Å². The van der Waals surface area contributed by atoms with Gasteiger partial charge in [-0.2, -0.15) is 193 Å². The van der Waals surface area contributed by atoms with Crippen LogP contribution in [-0.4, -0.2) is 39.8 Å². The molecule has 1 aliphatic carbocycles. The van der Waals surface area contributed by atoms with Gasteiger partial charge in [-0.3, -0.25) is 9.97 Å². The van der Waals surface area contributed by atoms with Gasteiger partial charge in [0.25, 0.3) is 0 Å². The molecule has 0 saturated heterocycles. The van der Waals surface area contributed by atoms with Crippen LogP contribution in [0.3, 0.4) is 0 Å². The van der Waals surface area contributed by atoms with Crippen LogP contribution in [-0.2, 0) is 112 Å². The number of para-hydroxylation sites is 2. The van der Waals surface area contributed by atoms with E-state index in [4.69, 9.17) is 0 Å². The summed E-state index contributed by atoms with van der Waals surface area (Å²) in [4.78, 5) is 29.6. The van der Waals surface area contributed by atoms with Crippen molar-refractivity contribution in [2.75, 3.05) is 0 Å². The second kappa shape index (κ2) is 58.8. The van der Waals surface area contributed by atoms with Crippen LogP contribution in [0.5, 0.6) is 5.75 Å². The van der Waals surface area contributed by atoms with Gasteiger partial charge in [-0.05, 0) is 89.4 Å². The number of phenols is 1. The summed E-state index contributed by atoms with van der Waals surface area (Å²) in [6.07, 6.45) is 15.3. The zero-order valence-corrected chi connectivity index (χ0v) is 83.4. The zero-order chi connectivity index (χ0) is 88.0. The quantitative estimate of drug-likeness (QED) is 0.133. The molecule has 0 aliphatic heterocycles. The number of nitrogens with zero attached hydrogens (tertiary/aromatic N) is 9. The van der Waals surface area contributed by atoms with Gasteiger partial charge < -0.3 is 25.0 Å². The van der Waals surface area contributed by atoms with Crippen molar-refractivity contribution in [3.05, 3.63) is 570 Å². The number of aromatic hydroxyl groups is 1. The maximum absolute atomic E-state index is 9.54. The minimum absolute atomic E-state index is 0. The molecule has 15 heteroatoms. The molecule has 23 rings (SSSR count). The van der Waals surface area contributed by atoms with Crippen LogP contribution in [0.15, 0.2) is 492 Å². The summed E-state index contributed by atoms with van der Waals surface area (Å²) in [5.41, 5.74) is 24.8. The largest absolute Gasteiger partial charge is 2.00 e. The summed E-state index contributed by atoms with van der Waals surface area (Å²) in [7, 11) is 0. The molecule has 0 fully saturated rings. The molecule has 10 nitrogen and oxygen atoms in total. The van der Waals surface area contributed by atoms with Crippen molar-refractivity contribution in [3.63, 3.8) is 0 Å². The number of rotatable bonds is 10. The third-order valence-electron chi connectivity index (χ3n) is 19.3. The van der Waals surface area contributed by atoms with Crippen LogP contribution in [0.4, 0.5) is 0 Å². The number of aromatic nitrogens is 9. The van der Waals surface area contributed by atoms with E-state index in [0.29, 0.717) is 5.75 Å². The normalized spacial score (nSPS) is 9.79. The minimum atomic E-state index is 0. The first-order chi connectivity index (χ1) is 64.0. The van der Waals surface area contributed by atoms with E-state index in [0.717, 1.165) is 124 Å². The van der Waals surface area contributed by atoms with E-state index < -0.39 is 0 Å². The van der Waals surface area contributed by atoms with Crippen molar-refractivity contribution < 1.29 is 110 Å². The molecular formula is C119H84N9OPt5-9. The Morgan fingerprint density at radius 1 is 0.261 bits per heavy atom. The second-order valence-electron chi connectivity index (χ2n) is 28.1. The summed E-state index contributed by atoms with van der Waals surface area (Å²) in [5.74, 6) is 1.14. The molecule has 1 N–H and O–H groups in total. The topological polar surface area (TPSA) is 131 Å². The van der Waals surface area contributed by atoms with Crippen molar-refractivity contribution >= 4 is 10.9 Å². The van der Waals surface area contributed by atoms with E-state index in [1.165, 1.54) is 22.3 Å². The molecule has 8 aromatic heterocycles. The number of fused-ring (bicyclic) bond motifs is 4. The molecule has 0 saturated carbocycles. The monoisotopic (exact) mass is 2630 g/mol. The van der Waals surface area contributed by atoms with E-state index in [2.05, 4.69) is 161 Å². The number of hydrogen-bond acceptors (Lipinski definition) is 7. The van der Waals surface area contributed by atoms with Gasteiger partial charge in [0, 0.05) is 118 Å². The Labute approximate surface area is 858 Å². The Morgan fingerprint density at radius 2 is 0.619 bits per heavy atom. The van der Waals surface area contributed by atoms with Gasteiger partial charge in [-0.25, -0.2) is 54.2 Å². The molecule has 0 amide bonds. The summed E-state index contributed by atoms with van der Waals surface area (Å²) < 4.78 is 1.72. The van der Waals surface area contributed by atoms with Crippen molar-refractivity contribution in [1.29, 1.82) is 0 Å². The van der Waals surface area contributed by atoms with Crippen molar-refractivity contribution in [2.24, 2.45) is 0 Å². The zero-order valence-electron chi connectivity index (χ0n) is 72.0. The fourth-order valence-corrected chi connectivity index (χ4v) is 13.1. The number of pyridine rings is 5. The molecule has 0 radical (unpaired) electrons. The third kappa shape index (κ3) is 32.8. The van der Waals surface area contributed by atoms with E-state index in [1.807, 2.05) is 388 Å². The Balaban J connectivity index is 0.000000167. The Hall–Kier alpha value is -13.9. The van der Waals surface area contributed by atoms with Gasteiger partial charge >= 0.3 is 42.1 Å².